The Morgan fingerprint density at radius 3 is 0.991 bits per heavy atom. The highest BCUT2D eigenvalue weighted by atomic mass is 28.5. The number of fused-ring (bicyclic) bond motifs is 2. The molecule has 0 radical (unpaired) electrons. The molecule has 2 aliphatic heterocycles. The smallest absolute Gasteiger partial charge is 0.462 e. The Labute approximate surface area is 649 Å². The number of carbonyl (C=O) groups excluding carboxylic acids is 4. The summed E-state index contributed by atoms with van der Waals surface area (Å²) in [6, 6.07) is 79.0. The highest BCUT2D eigenvalue weighted by molar-refractivity contribution is 7.07. The van der Waals surface area contributed by atoms with Gasteiger partial charge in [0.05, 0.1) is 51.3 Å². The first-order valence-corrected chi connectivity index (χ1v) is 52.7. The van der Waals surface area contributed by atoms with Crippen molar-refractivity contribution in [1.29, 1.82) is 0 Å². The predicted molar refractivity (Wildman–Crippen MR) is 439 cm³/mol. The fourth-order valence-corrected chi connectivity index (χ4v) is 56.1. The minimum Gasteiger partial charge on any atom is -0.462 e. The van der Waals surface area contributed by atoms with Crippen LogP contribution in [0.3, 0.4) is 0 Å². The molecule has 2 aliphatic rings. The van der Waals surface area contributed by atoms with Gasteiger partial charge in [0.25, 0.3) is 8.32 Å². The quantitative estimate of drug-likeness (QED) is 0.0121. The summed E-state index contributed by atoms with van der Waals surface area (Å²) in [5.41, 5.74) is 0.850. The summed E-state index contributed by atoms with van der Waals surface area (Å²) < 4.78 is 114. The minimum absolute atomic E-state index is 0.0133. The van der Waals surface area contributed by atoms with Crippen LogP contribution < -0.4 is 41.5 Å². The van der Waals surface area contributed by atoms with Gasteiger partial charge in [0.15, 0.2) is 0 Å². The second kappa shape index (κ2) is 38.7. The minimum atomic E-state index is -4.97. The van der Waals surface area contributed by atoms with Crippen LogP contribution in [0.4, 0.5) is 0 Å². The maximum atomic E-state index is 13.6. The molecular weight excluding hydrogens is 1510 g/mol. The van der Waals surface area contributed by atoms with Crippen LogP contribution in [0.1, 0.15) is 53.4 Å². The molecule has 2 heterocycles. The van der Waals surface area contributed by atoms with E-state index in [2.05, 4.69) is 50.6 Å². The van der Waals surface area contributed by atoms with Crippen LogP contribution in [-0.2, 0) is 85.3 Å². The molecular formula is C82H98O19Si8. The highest BCUT2D eigenvalue weighted by Crippen LogP contribution is 2.41. The Bertz CT molecular complexity index is 4180. The van der Waals surface area contributed by atoms with Gasteiger partial charge in [-0.3, -0.25) is 0 Å². The summed E-state index contributed by atoms with van der Waals surface area (Å²) in [6.07, 6.45) is -0.303. The SMILES string of the molecule is C=C(C)C(=O)OCCC[Si]12COC[Si](CCCOC(=O)C(=C)C)(O[Si](OC)(c3ccccc3)c3ccccc3)O[Si](c3ccccc3)(c3ccccc3)COC[Si](CCCOC(=O)C(=C)C)(O1)O[Si](c1ccccc1)(c1ccccc1)O[Si](CCCOC(=O)C(=C)C)(O[Si](OC)(c1ccccc1)c1ccccc1)O2. The summed E-state index contributed by atoms with van der Waals surface area (Å²) in [7, 11) is -32.2. The van der Waals surface area contributed by atoms with Gasteiger partial charge in [0.1, 0.15) is 0 Å². The van der Waals surface area contributed by atoms with Gasteiger partial charge < -0.3 is 66.1 Å². The number of benzene rings is 8. The van der Waals surface area contributed by atoms with Gasteiger partial charge in [-0.15, -0.1) is 0 Å². The Balaban J connectivity index is 1.33. The summed E-state index contributed by atoms with van der Waals surface area (Å²) in [4.78, 5) is 54.3. The molecule has 27 heteroatoms. The van der Waals surface area contributed by atoms with E-state index in [1.165, 1.54) is 0 Å². The highest BCUT2D eigenvalue weighted by Gasteiger charge is 2.69. The lowest BCUT2D eigenvalue weighted by Gasteiger charge is -2.54. The van der Waals surface area contributed by atoms with Gasteiger partial charge in [0, 0.05) is 42.6 Å². The van der Waals surface area contributed by atoms with Crippen molar-refractivity contribution in [1.82, 2.24) is 0 Å². The number of rotatable bonds is 34. The molecule has 2 saturated heterocycles. The molecule has 0 amide bonds. The van der Waals surface area contributed by atoms with Crippen LogP contribution in [0.25, 0.3) is 0 Å². The molecule has 19 nitrogen and oxygen atoms in total. The fraction of sp³-hybridized carbons (Fsp3) is 0.268. The predicted octanol–water partition coefficient (Wildman–Crippen LogP) is 9.45. The third-order valence-corrected chi connectivity index (χ3v) is 54.4. The van der Waals surface area contributed by atoms with E-state index < -0.39 is 92.4 Å². The maximum absolute atomic E-state index is 13.6. The lowest BCUT2D eigenvalue weighted by molar-refractivity contribution is -0.139. The van der Waals surface area contributed by atoms with Crippen molar-refractivity contribution < 1.29 is 85.3 Å². The van der Waals surface area contributed by atoms with Crippen molar-refractivity contribution in [3.63, 3.8) is 0 Å². The van der Waals surface area contributed by atoms with Crippen molar-refractivity contribution in [2.45, 2.75) is 77.6 Å². The van der Waals surface area contributed by atoms with Crippen molar-refractivity contribution in [3.8, 4) is 0 Å². The van der Waals surface area contributed by atoms with Gasteiger partial charge in [-0.2, -0.15) is 0 Å². The van der Waals surface area contributed by atoms with E-state index in [1.807, 2.05) is 218 Å². The van der Waals surface area contributed by atoms with Crippen molar-refractivity contribution in [3.05, 3.63) is 291 Å². The summed E-state index contributed by atoms with van der Waals surface area (Å²) in [5, 5.41) is 5.93. The number of carbonyl (C=O) groups is 4. The zero-order valence-corrected chi connectivity index (χ0v) is 71.0. The van der Waals surface area contributed by atoms with E-state index in [-0.39, 0.29) is 124 Å². The van der Waals surface area contributed by atoms with Crippen molar-refractivity contribution in [2.75, 3.05) is 65.6 Å². The van der Waals surface area contributed by atoms with E-state index in [0.29, 0.717) is 20.7 Å². The zero-order valence-electron chi connectivity index (χ0n) is 63.0. The molecule has 4 unspecified atom stereocenters. The molecule has 8 aromatic carbocycles. The van der Waals surface area contributed by atoms with Crippen LogP contribution in [0, 0.1) is 0 Å². The number of hydrogen-bond acceptors (Lipinski definition) is 19. The van der Waals surface area contributed by atoms with Gasteiger partial charge in [-0.25, -0.2) is 19.2 Å². The molecule has 2 fully saturated rings. The van der Waals surface area contributed by atoms with E-state index in [1.54, 1.807) is 41.9 Å². The molecule has 0 spiro atoms. The maximum Gasteiger partial charge on any atom is 0.475 e. The van der Waals surface area contributed by atoms with Gasteiger partial charge in [-0.1, -0.05) is 269 Å². The molecule has 0 N–H and O–H groups in total. The van der Waals surface area contributed by atoms with E-state index in [9.17, 15) is 19.2 Å². The third-order valence-electron chi connectivity index (χ3n) is 18.6. The fourth-order valence-electron chi connectivity index (χ4n) is 13.4. The largest absolute Gasteiger partial charge is 0.475 e. The van der Waals surface area contributed by atoms with E-state index in [4.69, 9.17) is 66.1 Å². The zero-order chi connectivity index (χ0) is 77.4. The average Bonchev–Trinajstić information content (AvgIpc) is 0.721. The average molecular weight is 1610 g/mol. The Kier molecular flexibility index (Phi) is 29.6. The standard InChI is InChI=1S/C82H98O19Si8/c1-67(2)79(83)91-55-35-59-102-63-89-64-104(61-37-57-93-81(85)69(5)6,98-107(87-9,73-43-23-13-24-44-73)74-45-25-14-26-46-74)96-105(71-39-19-11-20-40-71,72-41-21-12-22-42-72)66-90-65-103(95-102,60-36-56-92-80(84)68(3)4)99-109(77-51-31-17-32-52-77,78-53-33-18-34-54-78)101-106(97-102,62-38-58-94-82(86)70(7)8)100-108(88-10,75-47-27-15-28-48-75)76-49-29-16-30-50-76/h11-34,39-54H,1,3,5,7,35-38,55-66H2,2,4,6,8-10H3. The van der Waals surface area contributed by atoms with Gasteiger partial charge in [0.2, 0.25) is 0 Å². The van der Waals surface area contributed by atoms with Crippen molar-refractivity contribution >= 4 is 134 Å². The summed E-state index contributed by atoms with van der Waals surface area (Å²) in [6.45, 7) is 21.6. The second-order valence-corrected chi connectivity index (χ2v) is 53.7. The molecule has 109 heavy (non-hydrogen) atoms. The molecule has 4 atom stereocenters. The number of ether oxygens (including phenoxy) is 6. The Morgan fingerprint density at radius 2 is 0.642 bits per heavy atom. The van der Waals surface area contributed by atoms with Crippen molar-refractivity contribution in [2.24, 2.45) is 0 Å². The second-order valence-electron chi connectivity index (χ2n) is 27.2. The molecule has 572 valence electrons. The van der Waals surface area contributed by atoms with Crippen LogP contribution in [0.2, 0.25) is 24.2 Å². The summed E-state index contributed by atoms with van der Waals surface area (Å²) in [5.74, 6) is -2.34. The molecule has 8 aromatic rings. The summed E-state index contributed by atoms with van der Waals surface area (Å²) >= 11 is 0. The first-order valence-electron chi connectivity index (χ1n) is 36.6. The Morgan fingerprint density at radius 1 is 0.339 bits per heavy atom. The normalized spacial score (nSPS) is 20.1. The molecule has 0 aromatic heterocycles. The lowest BCUT2D eigenvalue weighted by atomic mass is 10.4. The monoisotopic (exact) mass is 1610 g/mol. The van der Waals surface area contributed by atoms with E-state index >= 15 is 0 Å². The van der Waals surface area contributed by atoms with Crippen LogP contribution in [0.5, 0.6) is 0 Å². The number of esters is 4. The topological polar surface area (TPSA) is 207 Å². The van der Waals surface area contributed by atoms with Crippen LogP contribution in [0.15, 0.2) is 291 Å². The molecule has 0 saturated carbocycles. The third kappa shape index (κ3) is 20.5. The Hall–Kier alpha value is -8.10. The molecule has 10 rings (SSSR count). The van der Waals surface area contributed by atoms with Gasteiger partial charge in [-0.05, 0) is 113 Å². The number of hydrogen-bond donors (Lipinski definition) is 0. The first kappa shape index (κ1) is 83.4. The van der Waals surface area contributed by atoms with Crippen LogP contribution >= 0.6 is 0 Å². The first-order chi connectivity index (χ1) is 52.6. The lowest BCUT2D eigenvalue weighted by Crippen LogP contribution is -2.81. The van der Waals surface area contributed by atoms with Crippen LogP contribution in [-0.4, -0.2) is 158 Å². The molecule has 2 bridgehead atoms. The molecule has 0 aliphatic carbocycles. The van der Waals surface area contributed by atoms with E-state index in [0.717, 1.165) is 20.7 Å². The van der Waals surface area contributed by atoms with Gasteiger partial charge >= 0.3 is 84.0 Å².